The molecule has 1 aromatic carbocycles. The molecule has 0 unspecified atom stereocenters. The van der Waals surface area contributed by atoms with Crippen LogP contribution in [0.2, 0.25) is 0 Å². The Morgan fingerprint density at radius 2 is 1.61 bits per heavy atom. The number of benzene rings is 1. The summed E-state index contributed by atoms with van der Waals surface area (Å²) in [7, 11) is 0. The lowest BCUT2D eigenvalue weighted by Gasteiger charge is -2.00. The molecule has 1 heterocycles. The van der Waals surface area contributed by atoms with Crippen LogP contribution in [0.15, 0.2) is 41.8 Å². The molecule has 0 saturated carbocycles. The summed E-state index contributed by atoms with van der Waals surface area (Å²) in [5.41, 5.74) is 2.87. The Morgan fingerprint density at radius 1 is 0.870 bits per heavy atom. The Morgan fingerprint density at radius 3 is 2.39 bits per heavy atom. The molecule has 2 nitrogen and oxygen atoms in total. The van der Waals surface area contributed by atoms with E-state index in [1.807, 2.05) is 11.3 Å². The van der Waals surface area contributed by atoms with E-state index in [4.69, 9.17) is 5.11 Å². The van der Waals surface area contributed by atoms with Crippen molar-refractivity contribution in [3.05, 3.63) is 57.8 Å². The third-order valence-corrected chi connectivity index (χ3v) is 5.09. The highest BCUT2D eigenvalue weighted by molar-refractivity contribution is 7.10. The molecule has 0 atom stereocenters. The number of carboxylic acid groups (broad SMARTS) is 1. The lowest BCUT2D eigenvalue weighted by molar-refractivity contribution is -0.137. The summed E-state index contributed by atoms with van der Waals surface area (Å²) < 4.78 is 0. The minimum Gasteiger partial charge on any atom is -0.481 e. The second-order valence-corrected chi connectivity index (χ2v) is 7.06. The minimum atomic E-state index is -0.678. The van der Waals surface area contributed by atoms with Crippen LogP contribution >= 0.6 is 11.3 Å². The highest BCUT2D eigenvalue weighted by atomic mass is 32.1. The molecule has 3 heteroatoms. The van der Waals surface area contributed by atoms with E-state index in [0.717, 1.165) is 38.5 Å². The van der Waals surface area contributed by atoms with E-state index in [-0.39, 0.29) is 0 Å². The van der Waals surface area contributed by atoms with Gasteiger partial charge in [-0.25, -0.2) is 0 Å². The number of hydrogen-bond donors (Lipinski definition) is 1. The van der Waals surface area contributed by atoms with Gasteiger partial charge in [-0.15, -0.1) is 11.3 Å². The van der Waals surface area contributed by atoms with Gasteiger partial charge in [-0.2, -0.15) is 0 Å². The Kier molecular flexibility index (Phi) is 7.88. The van der Waals surface area contributed by atoms with Gasteiger partial charge in [-0.05, 0) is 61.1 Å². The van der Waals surface area contributed by atoms with Crippen LogP contribution in [0.5, 0.6) is 0 Å². The van der Waals surface area contributed by atoms with Crippen LogP contribution in [-0.2, 0) is 24.1 Å². The van der Waals surface area contributed by atoms with Crippen LogP contribution in [0, 0.1) is 0 Å². The lowest BCUT2D eigenvalue weighted by Crippen LogP contribution is -1.93. The lowest BCUT2D eigenvalue weighted by atomic mass is 10.1. The zero-order chi connectivity index (χ0) is 16.3. The maximum Gasteiger partial charge on any atom is 0.303 e. The topological polar surface area (TPSA) is 37.3 Å². The molecule has 1 aromatic heterocycles. The molecule has 0 amide bonds. The molecule has 124 valence electrons. The zero-order valence-electron chi connectivity index (χ0n) is 13.7. The molecule has 0 aliphatic rings. The average Bonchev–Trinajstić information content (AvgIpc) is 2.99. The first kappa shape index (κ1) is 17.7. The number of thiophene rings is 1. The van der Waals surface area contributed by atoms with E-state index in [1.54, 1.807) is 0 Å². The van der Waals surface area contributed by atoms with Crippen LogP contribution in [-0.4, -0.2) is 11.1 Å². The largest absolute Gasteiger partial charge is 0.481 e. The van der Waals surface area contributed by atoms with Crippen molar-refractivity contribution in [2.45, 2.75) is 57.8 Å². The van der Waals surface area contributed by atoms with Crippen molar-refractivity contribution in [1.82, 2.24) is 0 Å². The predicted molar refractivity (Wildman–Crippen MR) is 97.2 cm³/mol. The van der Waals surface area contributed by atoms with Gasteiger partial charge in [-0.1, -0.05) is 43.2 Å². The van der Waals surface area contributed by atoms with Gasteiger partial charge < -0.3 is 5.11 Å². The highest BCUT2D eigenvalue weighted by Gasteiger charge is 2.02. The number of aliphatic carboxylic acids is 1. The molecule has 0 bridgehead atoms. The molecule has 2 aromatic rings. The minimum absolute atomic E-state index is 0.310. The molecule has 0 saturated heterocycles. The van der Waals surface area contributed by atoms with Gasteiger partial charge in [0.05, 0.1) is 0 Å². The molecule has 0 aliphatic heterocycles. The first-order chi connectivity index (χ1) is 11.2. The maximum atomic E-state index is 10.4. The Balaban J connectivity index is 1.59. The Hall–Kier alpha value is -1.61. The molecule has 2 rings (SSSR count). The van der Waals surface area contributed by atoms with Crippen molar-refractivity contribution in [2.24, 2.45) is 0 Å². The average molecular weight is 330 g/mol. The molecule has 0 fully saturated rings. The number of carbonyl (C=O) groups is 1. The van der Waals surface area contributed by atoms with Crippen LogP contribution in [0.25, 0.3) is 0 Å². The zero-order valence-corrected chi connectivity index (χ0v) is 14.5. The fraction of sp³-hybridized carbons (Fsp3) is 0.450. The summed E-state index contributed by atoms with van der Waals surface area (Å²) in [6.45, 7) is 0. The molecular weight excluding hydrogens is 304 g/mol. The first-order valence-corrected chi connectivity index (χ1v) is 9.44. The number of carboxylic acids is 1. The van der Waals surface area contributed by atoms with Gasteiger partial charge in [0.1, 0.15) is 0 Å². The molecular formula is C20H26O2S. The van der Waals surface area contributed by atoms with Crippen molar-refractivity contribution in [1.29, 1.82) is 0 Å². The second-order valence-electron chi connectivity index (χ2n) is 6.07. The smallest absolute Gasteiger partial charge is 0.303 e. The van der Waals surface area contributed by atoms with E-state index in [1.165, 1.54) is 28.8 Å². The van der Waals surface area contributed by atoms with Gasteiger partial charge >= 0.3 is 5.97 Å². The predicted octanol–water partition coefficient (Wildman–Crippen LogP) is 5.50. The van der Waals surface area contributed by atoms with Crippen molar-refractivity contribution in [3.63, 3.8) is 0 Å². The molecule has 0 radical (unpaired) electrons. The number of aryl methyl sites for hydroxylation is 3. The van der Waals surface area contributed by atoms with E-state index in [2.05, 4.69) is 41.8 Å². The first-order valence-electron chi connectivity index (χ1n) is 8.56. The summed E-state index contributed by atoms with van der Waals surface area (Å²) in [6.07, 6.45) is 9.09. The second kappa shape index (κ2) is 10.2. The summed E-state index contributed by atoms with van der Waals surface area (Å²) in [6, 6.07) is 13.0. The van der Waals surface area contributed by atoms with Crippen molar-refractivity contribution in [3.8, 4) is 0 Å². The monoisotopic (exact) mass is 330 g/mol. The molecule has 0 aliphatic carbocycles. The summed E-state index contributed by atoms with van der Waals surface area (Å²) in [5, 5.41) is 10.9. The normalized spacial score (nSPS) is 10.8. The van der Waals surface area contributed by atoms with E-state index < -0.39 is 5.97 Å². The summed E-state index contributed by atoms with van der Waals surface area (Å²) in [5.74, 6) is -0.678. The summed E-state index contributed by atoms with van der Waals surface area (Å²) >= 11 is 1.88. The fourth-order valence-electron chi connectivity index (χ4n) is 2.76. The number of rotatable bonds is 11. The van der Waals surface area contributed by atoms with Crippen molar-refractivity contribution >= 4 is 17.3 Å². The van der Waals surface area contributed by atoms with Crippen LogP contribution in [0.1, 0.15) is 54.5 Å². The Labute approximate surface area is 143 Å². The highest BCUT2D eigenvalue weighted by Crippen LogP contribution is 2.19. The van der Waals surface area contributed by atoms with Crippen LogP contribution in [0.3, 0.4) is 0 Å². The van der Waals surface area contributed by atoms with Crippen LogP contribution < -0.4 is 0 Å². The molecule has 23 heavy (non-hydrogen) atoms. The maximum absolute atomic E-state index is 10.4. The van der Waals surface area contributed by atoms with Gasteiger partial charge in [0, 0.05) is 11.3 Å². The van der Waals surface area contributed by atoms with E-state index in [9.17, 15) is 4.79 Å². The van der Waals surface area contributed by atoms with E-state index in [0.29, 0.717) is 6.42 Å². The number of hydrogen-bond acceptors (Lipinski definition) is 2. The third kappa shape index (κ3) is 7.47. The molecule has 1 N–H and O–H groups in total. The van der Waals surface area contributed by atoms with Gasteiger partial charge in [0.2, 0.25) is 0 Å². The summed E-state index contributed by atoms with van der Waals surface area (Å²) in [4.78, 5) is 11.9. The fourth-order valence-corrected chi connectivity index (χ4v) is 3.73. The quantitative estimate of drug-likeness (QED) is 0.552. The van der Waals surface area contributed by atoms with Crippen molar-refractivity contribution < 1.29 is 9.90 Å². The SMILES string of the molecule is O=C(O)CCCCCCc1csc(CCCc2ccccc2)c1. The van der Waals surface area contributed by atoms with Gasteiger partial charge in [0.25, 0.3) is 0 Å². The Bertz CT molecular complexity index is 574. The van der Waals surface area contributed by atoms with Gasteiger partial charge in [-0.3, -0.25) is 4.79 Å². The third-order valence-electron chi connectivity index (χ3n) is 4.05. The number of unbranched alkanes of at least 4 members (excludes halogenated alkanes) is 3. The molecule has 0 spiro atoms. The van der Waals surface area contributed by atoms with Crippen molar-refractivity contribution in [2.75, 3.05) is 0 Å². The standard InChI is InChI=1S/C20H26O2S/c21-20(22)14-7-2-1-4-11-18-15-19(23-16-18)13-8-12-17-9-5-3-6-10-17/h3,5-6,9-10,15-16H,1-2,4,7-8,11-14H2,(H,21,22). The van der Waals surface area contributed by atoms with Gasteiger partial charge in [0.15, 0.2) is 0 Å². The van der Waals surface area contributed by atoms with Crippen LogP contribution in [0.4, 0.5) is 0 Å². The van der Waals surface area contributed by atoms with E-state index >= 15 is 0 Å².